The maximum absolute atomic E-state index is 13.6. The van der Waals surface area contributed by atoms with Gasteiger partial charge in [0, 0.05) is 36.5 Å². The van der Waals surface area contributed by atoms with Crippen molar-refractivity contribution in [1.29, 1.82) is 0 Å². The molecule has 0 aliphatic carbocycles. The van der Waals surface area contributed by atoms with E-state index in [1.54, 1.807) is 48.5 Å². The molecule has 4 aromatic rings. The van der Waals surface area contributed by atoms with Crippen molar-refractivity contribution in [3.05, 3.63) is 101 Å². The molecule has 0 saturated carbocycles. The van der Waals surface area contributed by atoms with E-state index in [2.05, 4.69) is 10.3 Å². The summed E-state index contributed by atoms with van der Waals surface area (Å²) in [7, 11) is 1.50. The highest BCUT2D eigenvalue weighted by molar-refractivity contribution is 5.94. The van der Waals surface area contributed by atoms with E-state index in [4.69, 9.17) is 0 Å². The van der Waals surface area contributed by atoms with Gasteiger partial charge in [0.25, 0.3) is 5.91 Å². The Morgan fingerprint density at radius 2 is 1.57 bits per heavy atom. The summed E-state index contributed by atoms with van der Waals surface area (Å²) in [6.45, 7) is 0. The quantitative estimate of drug-likeness (QED) is 0.299. The number of fused-ring (bicyclic) bond motifs is 1. The number of aromatic nitrogens is 1. The van der Waals surface area contributed by atoms with Crippen LogP contribution in [-0.2, 0) is 0 Å². The zero-order valence-electron chi connectivity index (χ0n) is 18.7. The number of benzene rings is 3. The number of hydrogen-bond donors (Lipinski definition) is 1. The number of carbonyl (C=O) groups excluding carboxylic acids is 1. The number of nitrogens with zero attached hydrogens (tertiary/aromatic N) is 1. The number of pyridine rings is 1. The molecule has 0 saturated heterocycles. The van der Waals surface area contributed by atoms with Crippen LogP contribution < -0.4 is 5.32 Å². The van der Waals surface area contributed by atoms with Crippen LogP contribution in [0.5, 0.6) is 0 Å². The number of amides is 1. The van der Waals surface area contributed by atoms with Crippen molar-refractivity contribution in [2.75, 3.05) is 7.05 Å². The van der Waals surface area contributed by atoms with Crippen molar-refractivity contribution in [2.24, 2.45) is 0 Å². The van der Waals surface area contributed by atoms with Gasteiger partial charge >= 0.3 is 6.18 Å². The van der Waals surface area contributed by atoms with Crippen LogP contribution in [0.2, 0.25) is 0 Å². The molecule has 35 heavy (non-hydrogen) atoms. The van der Waals surface area contributed by atoms with Crippen molar-refractivity contribution in [3.63, 3.8) is 0 Å². The maximum atomic E-state index is 13.6. The molecule has 4 rings (SSSR count). The number of nitrogens with one attached hydrogen (secondary N) is 1. The number of carbonyl (C=O) groups is 1. The van der Waals surface area contributed by atoms with Crippen molar-refractivity contribution in [1.82, 2.24) is 10.3 Å². The molecule has 3 aromatic carbocycles. The Morgan fingerprint density at radius 1 is 0.886 bits per heavy atom. The normalized spacial score (nSPS) is 12.5. The number of alkyl halides is 3. The van der Waals surface area contributed by atoms with Crippen molar-refractivity contribution in [3.8, 4) is 11.1 Å². The van der Waals surface area contributed by atoms with E-state index in [1.807, 2.05) is 0 Å². The van der Waals surface area contributed by atoms with Crippen LogP contribution in [0.25, 0.3) is 22.0 Å². The third-order valence-corrected chi connectivity index (χ3v) is 5.88. The topological polar surface area (TPSA) is 42.0 Å². The van der Waals surface area contributed by atoms with Gasteiger partial charge in [-0.2, -0.15) is 13.2 Å². The Labute approximate surface area is 198 Å². The van der Waals surface area contributed by atoms with E-state index >= 15 is 0 Å². The molecule has 0 radical (unpaired) electrons. The van der Waals surface area contributed by atoms with E-state index in [-0.39, 0.29) is 12.3 Å². The Bertz CT molecular complexity index is 1370. The summed E-state index contributed by atoms with van der Waals surface area (Å²) in [6, 6.07) is 17.1. The van der Waals surface area contributed by atoms with E-state index in [9.17, 15) is 26.7 Å². The summed E-state index contributed by atoms with van der Waals surface area (Å²) in [5, 5.41) is 3.21. The SMILES string of the molecule is CNC(=O)c1ccc(C(CCC(F)(F)F)c2cnc3cc(-c4ccc(F)c(F)c4)ccc3c2)cc1. The highest BCUT2D eigenvalue weighted by Gasteiger charge is 2.29. The third-order valence-electron chi connectivity index (χ3n) is 5.88. The lowest BCUT2D eigenvalue weighted by Gasteiger charge is -2.20. The fourth-order valence-corrected chi connectivity index (χ4v) is 4.03. The highest BCUT2D eigenvalue weighted by atomic mass is 19.4. The van der Waals surface area contributed by atoms with Crippen molar-refractivity contribution >= 4 is 16.8 Å². The number of halogens is 5. The molecule has 8 heteroatoms. The van der Waals surface area contributed by atoms with Gasteiger partial charge in [0.2, 0.25) is 0 Å². The molecule has 0 aliphatic heterocycles. The number of hydrogen-bond acceptors (Lipinski definition) is 2. The first-order valence-electron chi connectivity index (χ1n) is 10.9. The van der Waals surface area contributed by atoms with Gasteiger partial charge in [0.15, 0.2) is 11.6 Å². The fourth-order valence-electron chi connectivity index (χ4n) is 4.03. The minimum atomic E-state index is -4.32. The molecule has 0 aliphatic rings. The van der Waals surface area contributed by atoms with Crippen LogP contribution in [0, 0.1) is 11.6 Å². The molecule has 3 nitrogen and oxygen atoms in total. The van der Waals surface area contributed by atoms with Crippen LogP contribution in [0.1, 0.15) is 40.2 Å². The molecule has 1 heterocycles. The molecule has 0 spiro atoms. The summed E-state index contributed by atoms with van der Waals surface area (Å²) in [4.78, 5) is 16.3. The Morgan fingerprint density at radius 3 is 2.23 bits per heavy atom. The maximum Gasteiger partial charge on any atom is 0.389 e. The van der Waals surface area contributed by atoms with Crippen LogP contribution in [0.4, 0.5) is 22.0 Å². The van der Waals surface area contributed by atoms with Crippen molar-refractivity contribution in [2.45, 2.75) is 24.9 Å². The zero-order chi connectivity index (χ0) is 25.2. The molecule has 180 valence electrons. The first kappa shape index (κ1) is 24.3. The molecular formula is C27H21F5N2O. The summed E-state index contributed by atoms with van der Waals surface area (Å²) < 4.78 is 66.1. The molecule has 1 atom stereocenters. The summed E-state index contributed by atoms with van der Waals surface area (Å²) in [5.41, 5.74) is 3.34. The van der Waals surface area contributed by atoms with Gasteiger partial charge < -0.3 is 5.32 Å². The Hall–Kier alpha value is -3.81. The third kappa shape index (κ3) is 5.65. The van der Waals surface area contributed by atoms with Gasteiger partial charge in [-0.05, 0) is 65.1 Å². The van der Waals surface area contributed by atoms with Gasteiger partial charge in [-0.1, -0.05) is 30.3 Å². The summed E-state index contributed by atoms with van der Waals surface area (Å²) >= 11 is 0. The van der Waals surface area contributed by atoms with Crippen LogP contribution >= 0.6 is 0 Å². The minimum absolute atomic E-state index is 0.178. The molecular weight excluding hydrogens is 463 g/mol. The average Bonchev–Trinajstić information content (AvgIpc) is 2.84. The molecule has 1 unspecified atom stereocenters. The monoisotopic (exact) mass is 484 g/mol. The lowest BCUT2D eigenvalue weighted by molar-refractivity contribution is -0.135. The fraction of sp³-hybridized carbons (Fsp3) is 0.185. The molecule has 1 amide bonds. The van der Waals surface area contributed by atoms with E-state index in [0.29, 0.717) is 38.7 Å². The predicted molar refractivity (Wildman–Crippen MR) is 124 cm³/mol. The first-order chi connectivity index (χ1) is 16.6. The van der Waals surface area contributed by atoms with Crippen LogP contribution in [0.3, 0.4) is 0 Å². The van der Waals surface area contributed by atoms with Gasteiger partial charge in [0.05, 0.1) is 5.52 Å². The molecule has 1 aromatic heterocycles. The van der Waals surface area contributed by atoms with Crippen molar-refractivity contribution < 1.29 is 26.7 Å². The lowest BCUT2D eigenvalue weighted by atomic mass is 9.87. The predicted octanol–water partition coefficient (Wildman–Crippen LogP) is 7.01. The largest absolute Gasteiger partial charge is 0.389 e. The summed E-state index contributed by atoms with van der Waals surface area (Å²) in [5.74, 6) is -2.77. The zero-order valence-corrected chi connectivity index (χ0v) is 18.7. The standard InChI is InChI=1S/C27H21F5N2O/c1-33-26(35)17-4-2-16(3-5-17)22(10-11-27(30,31)32)21-12-20-7-6-19(14-25(20)34-15-21)18-8-9-23(28)24(29)13-18/h2-9,12-15,22H,10-11H2,1H3,(H,33,35). The van der Waals surface area contributed by atoms with Gasteiger partial charge in [-0.3, -0.25) is 9.78 Å². The smallest absolute Gasteiger partial charge is 0.355 e. The van der Waals surface area contributed by atoms with E-state index < -0.39 is 30.1 Å². The molecule has 1 N–H and O–H groups in total. The van der Waals surface area contributed by atoms with E-state index in [0.717, 1.165) is 12.1 Å². The Kier molecular flexibility index (Phi) is 6.82. The van der Waals surface area contributed by atoms with E-state index in [1.165, 1.54) is 19.3 Å². The second-order valence-electron chi connectivity index (χ2n) is 8.21. The second kappa shape index (κ2) is 9.82. The van der Waals surface area contributed by atoms with Gasteiger partial charge in [0.1, 0.15) is 0 Å². The lowest BCUT2D eigenvalue weighted by Crippen LogP contribution is -2.17. The Balaban J connectivity index is 1.69. The highest BCUT2D eigenvalue weighted by Crippen LogP contribution is 2.35. The first-order valence-corrected chi connectivity index (χ1v) is 10.9. The minimum Gasteiger partial charge on any atom is -0.355 e. The van der Waals surface area contributed by atoms with Gasteiger partial charge in [-0.15, -0.1) is 0 Å². The summed E-state index contributed by atoms with van der Waals surface area (Å²) in [6.07, 6.45) is -3.93. The van der Waals surface area contributed by atoms with Crippen LogP contribution in [-0.4, -0.2) is 24.1 Å². The van der Waals surface area contributed by atoms with Crippen LogP contribution in [0.15, 0.2) is 72.9 Å². The molecule has 0 bridgehead atoms. The van der Waals surface area contributed by atoms with Gasteiger partial charge in [-0.25, -0.2) is 8.78 Å². The average molecular weight is 484 g/mol. The second-order valence-corrected chi connectivity index (χ2v) is 8.21. The number of rotatable bonds is 6. The molecule has 0 fully saturated rings.